The highest BCUT2D eigenvalue weighted by molar-refractivity contribution is 7.20. The number of thiophene rings is 1. The van der Waals surface area contributed by atoms with Crippen molar-refractivity contribution >= 4 is 50.6 Å². The first-order chi connectivity index (χ1) is 11.3. The average molecular weight is 362 g/mol. The first kappa shape index (κ1) is 16.7. The maximum absolute atomic E-state index is 11.4. The minimum atomic E-state index is -0.955. The Morgan fingerprint density at radius 3 is 2.54 bits per heavy atom. The van der Waals surface area contributed by atoms with Crippen LogP contribution in [0.15, 0.2) is 12.1 Å². The SMILES string of the molecule is Cc1cc(C)c(Nc2nc(C)nc3sc(C(=O)O)c(C)c23)c(Cl)c1. The van der Waals surface area contributed by atoms with E-state index in [2.05, 4.69) is 15.3 Å². The fourth-order valence-electron chi connectivity index (χ4n) is 2.73. The van der Waals surface area contributed by atoms with E-state index in [9.17, 15) is 9.90 Å². The Hall–Kier alpha value is -2.18. The van der Waals surface area contributed by atoms with Crippen LogP contribution in [-0.2, 0) is 0 Å². The predicted octanol–water partition coefficient (Wildman–Crippen LogP) is 5.02. The molecule has 0 amide bonds. The van der Waals surface area contributed by atoms with Crippen molar-refractivity contribution in [1.29, 1.82) is 0 Å². The molecule has 2 heterocycles. The van der Waals surface area contributed by atoms with Crippen LogP contribution in [-0.4, -0.2) is 21.0 Å². The van der Waals surface area contributed by atoms with Gasteiger partial charge in [-0.1, -0.05) is 17.7 Å². The van der Waals surface area contributed by atoms with Gasteiger partial charge in [0.1, 0.15) is 21.3 Å². The summed E-state index contributed by atoms with van der Waals surface area (Å²) in [5.41, 5.74) is 3.50. The first-order valence-corrected chi connectivity index (χ1v) is 8.52. The van der Waals surface area contributed by atoms with Crippen LogP contribution in [0.3, 0.4) is 0 Å². The van der Waals surface area contributed by atoms with E-state index in [0.29, 0.717) is 27.1 Å². The second-order valence-corrected chi connectivity index (χ2v) is 7.13. The smallest absolute Gasteiger partial charge is 0.346 e. The van der Waals surface area contributed by atoms with Gasteiger partial charge in [-0.2, -0.15) is 0 Å². The van der Waals surface area contributed by atoms with Crippen molar-refractivity contribution in [1.82, 2.24) is 9.97 Å². The van der Waals surface area contributed by atoms with Gasteiger partial charge in [-0.3, -0.25) is 0 Å². The summed E-state index contributed by atoms with van der Waals surface area (Å²) >= 11 is 7.53. The molecular formula is C17H16ClN3O2S. The number of hydrogen-bond acceptors (Lipinski definition) is 5. The van der Waals surface area contributed by atoms with Crippen molar-refractivity contribution in [2.75, 3.05) is 5.32 Å². The Kier molecular flexibility index (Phi) is 4.19. The Balaban J connectivity index is 2.22. The summed E-state index contributed by atoms with van der Waals surface area (Å²) in [6.45, 7) is 7.51. The highest BCUT2D eigenvalue weighted by Crippen LogP contribution is 2.37. The summed E-state index contributed by atoms with van der Waals surface area (Å²) < 4.78 is 0. The van der Waals surface area contributed by atoms with E-state index < -0.39 is 5.97 Å². The van der Waals surface area contributed by atoms with Gasteiger partial charge in [0.05, 0.1) is 16.1 Å². The van der Waals surface area contributed by atoms with Crippen LogP contribution >= 0.6 is 22.9 Å². The number of aryl methyl sites for hydroxylation is 4. The van der Waals surface area contributed by atoms with Crippen molar-refractivity contribution in [2.45, 2.75) is 27.7 Å². The van der Waals surface area contributed by atoms with Crippen LogP contribution in [0.5, 0.6) is 0 Å². The van der Waals surface area contributed by atoms with Crippen molar-refractivity contribution in [3.8, 4) is 0 Å². The topological polar surface area (TPSA) is 75.1 Å². The van der Waals surface area contributed by atoms with Gasteiger partial charge in [0.2, 0.25) is 0 Å². The van der Waals surface area contributed by atoms with E-state index in [-0.39, 0.29) is 4.88 Å². The molecule has 0 bridgehead atoms. The molecule has 3 aromatic rings. The first-order valence-electron chi connectivity index (χ1n) is 7.32. The second kappa shape index (κ2) is 6.03. The standard InChI is InChI=1S/C17H16ClN3O2S/c1-7-5-8(2)13(11(18)6-7)21-15-12-9(3)14(17(22)23)24-16(12)20-10(4)19-15/h5-6H,1-4H3,(H,22,23)(H,19,20,21). The summed E-state index contributed by atoms with van der Waals surface area (Å²) in [4.78, 5) is 21.2. The molecule has 2 N–H and O–H groups in total. The number of anilines is 2. The molecule has 0 saturated heterocycles. The molecule has 0 atom stereocenters. The lowest BCUT2D eigenvalue weighted by atomic mass is 10.1. The molecule has 0 spiro atoms. The summed E-state index contributed by atoms with van der Waals surface area (Å²) in [7, 11) is 0. The van der Waals surface area contributed by atoms with E-state index in [0.717, 1.165) is 33.5 Å². The number of nitrogens with zero attached hydrogens (tertiary/aromatic N) is 2. The van der Waals surface area contributed by atoms with Gasteiger partial charge in [0.25, 0.3) is 0 Å². The van der Waals surface area contributed by atoms with Crippen LogP contribution < -0.4 is 5.32 Å². The van der Waals surface area contributed by atoms with Crippen molar-refractivity contribution < 1.29 is 9.90 Å². The van der Waals surface area contributed by atoms with Gasteiger partial charge < -0.3 is 10.4 Å². The molecule has 0 aliphatic carbocycles. The van der Waals surface area contributed by atoms with E-state index in [1.54, 1.807) is 13.8 Å². The number of benzene rings is 1. The monoisotopic (exact) mass is 361 g/mol. The number of nitrogens with one attached hydrogen (secondary N) is 1. The molecule has 7 heteroatoms. The molecular weight excluding hydrogens is 346 g/mol. The van der Waals surface area contributed by atoms with Crippen LogP contribution in [0.1, 0.15) is 32.2 Å². The van der Waals surface area contributed by atoms with Crippen LogP contribution in [0.25, 0.3) is 10.2 Å². The summed E-state index contributed by atoms with van der Waals surface area (Å²) in [6, 6.07) is 3.91. The van der Waals surface area contributed by atoms with Crippen molar-refractivity contribution in [2.24, 2.45) is 0 Å². The number of carboxylic acid groups (broad SMARTS) is 1. The lowest BCUT2D eigenvalue weighted by Gasteiger charge is -2.13. The molecule has 24 heavy (non-hydrogen) atoms. The van der Waals surface area contributed by atoms with E-state index in [1.807, 2.05) is 26.0 Å². The molecule has 0 unspecified atom stereocenters. The Morgan fingerprint density at radius 1 is 1.21 bits per heavy atom. The molecule has 2 aromatic heterocycles. The summed E-state index contributed by atoms with van der Waals surface area (Å²) in [5, 5.41) is 14.0. The number of rotatable bonds is 3. The highest BCUT2D eigenvalue weighted by Gasteiger charge is 2.20. The fourth-order valence-corrected chi connectivity index (χ4v) is 4.17. The highest BCUT2D eigenvalue weighted by atomic mass is 35.5. The number of hydrogen-bond donors (Lipinski definition) is 2. The Labute approximate surface area is 148 Å². The molecule has 0 fully saturated rings. The van der Waals surface area contributed by atoms with E-state index in [1.165, 1.54) is 0 Å². The summed E-state index contributed by atoms with van der Waals surface area (Å²) in [5.74, 6) is 0.195. The van der Waals surface area contributed by atoms with Crippen LogP contribution in [0.2, 0.25) is 5.02 Å². The number of carboxylic acids is 1. The van der Waals surface area contributed by atoms with Gasteiger partial charge in [0.15, 0.2) is 0 Å². The lowest BCUT2D eigenvalue weighted by Crippen LogP contribution is -2.01. The largest absolute Gasteiger partial charge is 0.477 e. The molecule has 1 aromatic carbocycles. The third-order valence-corrected chi connectivity index (χ3v) is 5.24. The van der Waals surface area contributed by atoms with Gasteiger partial charge >= 0.3 is 5.97 Å². The van der Waals surface area contributed by atoms with Crippen molar-refractivity contribution in [3.05, 3.63) is 44.5 Å². The fraction of sp³-hybridized carbons (Fsp3) is 0.235. The zero-order valence-electron chi connectivity index (χ0n) is 13.7. The third-order valence-electron chi connectivity index (χ3n) is 3.77. The number of aromatic nitrogens is 2. The van der Waals surface area contributed by atoms with E-state index >= 15 is 0 Å². The molecule has 0 saturated carbocycles. The zero-order valence-corrected chi connectivity index (χ0v) is 15.3. The van der Waals surface area contributed by atoms with E-state index in [4.69, 9.17) is 11.6 Å². The van der Waals surface area contributed by atoms with Crippen molar-refractivity contribution in [3.63, 3.8) is 0 Å². The summed E-state index contributed by atoms with van der Waals surface area (Å²) in [6.07, 6.45) is 0. The quantitative estimate of drug-likeness (QED) is 0.685. The van der Waals surface area contributed by atoms with Gasteiger partial charge in [-0.05, 0) is 50.5 Å². The number of halogens is 1. The van der Waals surface area contributed by atoms with Gasteiger partial charge in [0, 0.05) is 0 Å². The third kappa shape index (κ3) is 2.83. The average Bonchev–Trinajstić information content (AvgIpc) is 2.79. The maximum Gasteiger partial charge on any atom is 0.346 e. The lowest BCUT2D eigenvalue weighted by molar-refractivity contribution is 0.0701. The Morgan fingerprint density at radius 2 is 1.92 bits per heavy atom. The van der Waals surface area contributed by atoms with Gasteiger partial charge in [-0.25, -0.2) is 14.8 Å². The minimum Gasteiger partial charge on any atom is -0.477 e. The predicted molar refractivity (Wildman–Crippen MR) is 98.1 cm³/mol. The van der Waals surface area contributed by atoms with Crippen LogP contribution in [0, 0.1) is 27.7 Å². The molecule has 0 aliphatic heterocycles. The molecule has 5 nitrogen and oxygen atoms in total. The number of aromatic carboxylic acids is 1. The normalized spacial score (nSPS) is 11.0. The molecule has 3 rings (SSSR count). The maximum atomic E-state index is 11.4. The molecule has 0 aliphatic rings. The van der Waals surface area contributed by atoms with Gasteiger partial charge in [-0.15, -0.1) is 11.3 Å². The number of fused-ring (bicyclic) bond motifs is 1. The molecule has 0 radical (unpaired) electrons. The zero-order chi connectivity index (χ0) is 17.6. The number of carbonyl (C=O) groups is 1. The molecule has 124 valence electrons. The van der Waals surface area contributed by atoms with Crippen LogP contribution in [0.4, 0.5) is 11.5 Å². The second-order valence-electron chi connectivity index (χ2n) is 5.72. The Bertz CT molecular complexity index is 959. The minimum absolute atomic E-state index is 0.277.